The lowest BCUT2D eigenvalue weighted by Gasteiger charge is -1.97. The van der Waals surface area contributed by atoms with Crippen LogP contribution >= 0.6 is 0 Å². The Hall–Kier alpha value is -0.232. The molecule has 1 rings (SSSR count). The summed E-state index contributed by atoms with van der Waals surface area (Å²) in [6.45, 7) is 0. The first-order valence-electron chi connectivity index (χ1n) is 4.22. The highest BCUT2D eigenvalue weighted by atomic mass is 28.4. The van der Waals surface area contributed by atoms with E-state index >= 15 is 0 Å². The average molecular weight is 264 g/mol. The van der Waals surface area contributed by atoms with Crippen molar-refractivity contribution < 1.29 is 12.3 Å². The first-order valence-corrected chi connectivity index (χ1v) is 8.16. The molecule has 0 aliphatic carbocycles. The van der Waals surface area contributed by atoms with Gasteiger partial charge in [-0.05, 0) is 12.2 Å². The standard InChI is InChI=1S/C6H7N.H10O3Si4/c1-2-4-6-7-5-3-1;4-1-6-3-7-2-5/h1-7H;6-7H2,4-5H3. The van der Waals surface area contributed by atoms with Crippen molar-refractivity contribution in [3.63, 3.8) is 0 Å². The van der Waals surface area contributed by atoms with Crippen molar-refractivity contribution in [1.82, 2.24) is 5.32 Å². The Labute approximate surface area is 95.6 Å². The molecule has 0 unspecified atom stereocenters. The van der Waals surface area contributed by atoms with Crippen LogP contribution in [0, 0.1) is 0 Å². The highest BCUT2D eigenvalue weighted by Crippen LogP contribution is 1.81. The molecule has 0 bridgehead atoms. The third-order valence-corrected chi connectivity index (χ3v) is 4.34. The monoisotopic (exact) mass is 263 g/mol. The van der Waals surface area contributed by atoms with Gasteiger partial charge in [0.05, 0.1) is 0 Å². The molecule has 8 heteroatoms. The summed E-state index contributed by atoms with van der Waals surface area (Å²) in [5, 5.41) is 2.92. The van der Waals surface area contributed by atoms with Crippen LogP contribution < -0.4 is 5.32 Å². The zero-order valence-corrected chi connectivity index (χ0v) is 15.4. The molecule has 0 aromatic carbocycles. The molecule has 4 nitrogen and oxygen atoms in total. The molecule has 1 aliphatic heterocycles. The lowest BCUT2D eigenvalue weighted by molar-refractivity contribution is 0.443. The molecule has 0 saturated heterocycles. The van der Waals surface area contributed by atoms with Crippen LogP contribution in [-0.4, -0.2) is 41.0 Å². The zero-order valence-electron chi connectivity index (χ0n) is 8.60. The van der Waals surface area contributed by atoms with Gasteiger partial charge in [-0.15, -0.1) is 0 Å². The van der Waals surface area contributed by atoms with Crippen LogP contribution in [-0.2, 0) is 12.3 Å². The molecule has 0 fully saturated rings. The fourth-order valence-electron chi connectivity index (χ4n) is 0.607. The summed E-state index contributed by atoms with van der Waals surface area (Å²) in [5.41, 5.74) is 0. The summed E-state index contributed by atoms with van der Waals surface area (Å²) in [5.74, 6) is 0. The van der Waals surface area contributed by atoms with Crippen molar-refractivity contribution in [2.75, 3.05) is 0 Å². The van der Waals surface area contributed by atoms with E-state index < -0.39 is 20.0 Å². The molecule has 1 aliphatic rings. The minimum absolute atomic E-state index is 0.569. The third-order valence-electron chi connectivity index (χ3n) is 1.12. The maximum Gasteiger partial charge on any atom is 0.284 e. The van der Waals surface area contributed by atoms with Crippen molar-refractivity contribution in [2.45, 2.75) is 0 Å². The van der Waals surface area contributed by atoms with Gasteiger partial charge in [-0.1, -0.05) is 12.2 Å². The smallest absolute Gasteiger partial charge is 0.284 e. The van der Waals surface area contributed by atoms with E-state index in [1.807, 2.05) is 36.7 Å². The van der Waals surface area contributed by atoms with Gasteiger partial charge in [0.1, 0.15) is 21.0 Å². The van der Waals surface area contributed by atoms with Crippen LogP contribution in [0.1, 0.15) is 0 Å². The number of allylic oxidation sites excluding steroid dienone is 4. The van der Waals surface area contributed by atoms with Crippen molar-refractivity contribution in [3.05, 3.63) is 36.7 Å². The van der Waals surface area contributed by atoms with Gasteiger partial charge in [-0.3, -0.25) is 0 Å². The van der Waals surface area contributed by atoms with Crippen molar-refractivity contribution >= 4 is 41.0 Å². The summed E-state index contributed by atoms with van der Waals surface area (Å²) >= 11 is 0. The Morgan fingerprint density at radius 2 is 1.36 bits per heavy atom. The summed E-state index contributed by atoms with van der Waals surface area (Å²) < 4.78 is 14.8. The fourth-order valence-corrected chi connectivity index (χ4v) is 5.21. The normalized spacial score (nSPS) is 14.9. The van der Waals surface area contributed by atoms with E-state index in [1.54, 1.807) is 0 Å². The van der Waals surface area contributed by atoms with Gasteiger partial charge < -0.3 is 17.7 Å². The van der Waals surface area contributed by atoms with E-state index in [0.717, 1.165) is 21.0 Å². The molecule has 0 aromatic heterocycles. The number of hydrogen-bond donors (Lipinski definition) is 1. The van der Waals surface area contributed by atoms with Crippen LogP contribution in [0.5, 0.6) is 0 Å². The first kappa shape index (κ1) is 13.8. The average Bonchev–Trinajstić information content (AvgIpc) is 2.51. The molecule has 1 heterocycles. The van der Waals surface area contributed by atoms with E-state index in [4.69, 9.17) is 12.3 Å². The van der Waals surface area contributed by atoms with Crippen LogP contribution in [0.15, 0.2) is 36.7 Å². The summed E-state index contributed by atoms with van der Waals surface area (Å²) in [7, 11) is 0.504. The van der Waals surface area contributed by atoms with Crippen molar-refractivity contribution in [2.24, 2.45) is 0 Å². The second-order valence-corrected chi connectivity index (χ2v) is 9.01. The van der Waals surface area contributed by atoms with Crippen LogP contribution in [0.25, 0.3) is 0 Å². The highest BCUT2D eigenvalue weighted by molar-refractivity contribution is 6.40. The lowest BCUT2D eigenvalue weighted by Crippen LogP contribution is -2.08. The predicted octanol–water partition coefficient (Wildman–Crippen LogP) is -3.23. The SMILES string of the molecule is C1=CC=CNC=C1.[SiH3]O[SiH2]O[SiH2]O[SiH3]. The van der Waals surface area contributed by atoms with Gasteiger partial charge >= 0.3 is 0 Å². The largest absolute Gasteiger partial charge is 0.449 e. The van der Waals surface area contributed by atoms with E-state index in [1.165, 1.54) is 0 Å². The fraction of sp³-hybridized carbons (Fsp3) is 0. The highest BCUT2D eigenvalue weighted by Gasteiger charge is 1.80. The minimum Gasteiger partial charge on any atom is -0.449 e. The second kappa shape index (κ2) is 12.8. The molecule has 14 heavy (non-hydrogen) atoms. The predicted molar refractivity (Wildman–Crippen MR) is 70.8 cm³/mol. The Kier molecular flexibility index (Phi) is 12.6. The number of hydrogen-bond acceptors (Lipinski definition) is 4. The molecule has 0 spiro atoms. The van der Waals surface area contributed by atoms with Gasteiger partial charge in [-0.2, -0.15) is 0 Å². The molecule has 0 amide bonds. The molecule has 0 atom stereocenters. The molecular formula is C6H17NO3Si4. The summed E-state index contributed by atoms with van der Waals surface area (Å²) in [6.07, 6.45) is 11.6. The van der Waals surface area contributed by atoms with E-state index in [2.05, 4.69) is 5.32 Å². The zero-order chi connectivity index (χ0) is 10.5. The van der Waals surface area contributed by atoms with Crippen LogP contribution in [0.4, 0.5) is 0 Å². The van der Waals surface area contributed by atoms with Gasteiger partial charge in [-0.25, -0.2) is 0 Å². The summed E-state index contributed by atoms with van der Waals surface area (Å²) in [4.78, 5) is 0. The van der Waals surface area contributed by atoms with Gasteiger partial charge in [0.2, 0.25) is 0 Å². The van der Waals surface area contributed by atoms with Gasteiger partial charge in [0.15, 0.2) is 0 Å². The van der Waals surface area contributed by atoms with Crippen molar-refractivity contribution in [1.29, 1.82) is 0 Å². The number of nitrogens with one attached hydrogen (secondary N) is 1. The molecule has 0 radical (unpaired) electrons. The van der Waals surface area contributed by atoms with E-state index in [-0.39, 0.29) is 0 Å². The Morgan fingerprint density at radius 3 is 1.79 bits per heavy atom. The van der Waals surface area contributed by atoms with Crippen molar-refractivity contribution in [3.8, 4) is 0 Å². The summed E-state index contributed by atoms with van der Waals surface area (Å²) in [6, 6.07) is 0. The Balaban J connectivity index is 0.000000241. The Bertz CT molecular complexity index is 180. The Morgan fingerprint density at radius 1 is 0.857 bits per heavy atom. The van der Waals surface area contributed by atoms with Gasteiger partial charge in [0, 0.05) is 12.4 Å². The molecule has 0 saturated carbocycles. The van der Waals surface area contributed by atoms with Crippen LogP contribution in [0.2, 0.25) is 0 Å². The van der Waals surface area contributed by atoms with E-state index in [0.29, 0.717) is 0 Å². The maximum atomic E-state index is 5.03. The quantitative estimate of drug-likeness (QED) is 0.428. The first-order chi connectivity index (χ1) is 6.91. The van der Waals surface area contributed by atoms with Crippen LogP contribution in [0.3, 0.4) is 0 Å². The molecule has 0 aromatic rings. The molecule has 1 N–H and O–H groups in total. The van der Waals surface area contributed by atoms with E-state index in [9.17, 15) is 0 Å². The second-order valence-electron chi connectivity index (χ2n) is 2.29. The van der Waals surface area contributed by atoms with Gasteiger partial charge in [0.25, 0.3) is 20.0 Å². The number of rotatable bonds is 4. The molecule has 80 valence electrons. The topological polar surface area (TPSA) is 39.7 Å². The third kappa shape index (κ3) is 11.8. The minimum atomic E-state index is -0.569. The lowest BCUT2D eigenvalue weighted by atomic mass is 10.5. The molecular weight excluding hydrogens is 246 g/mol. The maximum absolute atomic E-state index is 5.03.